The molecule has 0 fully saturated rings. The number of carbonyl (C=O) groups is 2. The number of carbonyl (C=O) groups excluding carboxylic acids is 2. The van der Waals surface area contributed by atoms with Crippen LogP contribution in [-0.2, 0) is 4.74 Å². The normalized spacial score (nSPS) is 10.9. The summed E-state index contributed by atoms with van der Waals surface area (Å²) in [7, 11) is 0. The van der Waals surface area contributed by atoms with Crippen molar-refractivity contribution in [1.29, 1.82) is 0 Å². The Morgan fingerprint density at radius 1 is 1.39 bits per heavy atom. The summed E-state index contributed by atoms with van der Waals surface area (Å²) in [5.74, 6) is -0.114. The number of ether oxygens (including phenoxy) is 1. The van der Waals surface area contributed by atoms with E-state index in [1.807, 2.05) is 0 Å². The third-order valence-electron chi connectivity index (χ3n) is 2.14. The van der Waals surface area contributed by atoms with Crippen LogP contribution in [0, 0.1) is 6.92 Å². The topological polar surface area (TPSA) is 75.6 Å². The summed E-state index contributed by atoms with van der Waals surface area (Å²) in [6.45, 7) is 6.98. The van der Waals surface area contributed by atoms with Crippen molar-refractivity contribution in [2.45, 2.75) is 33.3 Å². The number of hydrogen-bond donors (Lipinski definition) is 2. The number of benzene rings is 1. The number of aryl methyl sites for hydroxylation is 1. The smallest absolute Gasteiger partial charge is 0.412 e. The average molecular weight is 251 g/mol. The molecule has 0 atom stereocenters. The predicted octanol–water partition coefficient (Wildman–Crippen LogP) is 2.86. The first-order chi connectivity index (χ1) is 8.23. The first-order valence-electron chi connectivity index (χ1n) is 5.52. The predicted molar refractivity (Wildman–Crippen MR) is 68.1 cm³/mol. The summed E-state index contributed by atoms with van der Waals surface area (Å²) in [5, 5.41) is 12.0. The number of phenolic OH excluding ortho intramolecular Hbond substituents is 1. The quantitative estimate of drug-likeness (QED) is 0.626. The largest absolute Gasteiger partial charge is 0.507 e. The minimum Gasteiger partial charge on any atom is -0.507 e. The minimum atomic E-state index is -0.604. The maximum absolute atomic E-state index is 11.6. The molecule has 0 aliphatic rings. The summed E-state index contributed by atoms with van der Waals surface area (Å²) >= 11 is 0. The van der Waals surface area contributed by atoms with Crippen molar-refractivity contribution < 1.29 is 19.4 Å². The Kier molecular flexibility index (Phi) is 3.96. The summed E-state index contributed by atoms with van der Waals surface area (Å²) in [6.07, 6.45) is -0.0807. The maximum atomic E-state index is 11.6. The first kappa shape index (κ1) is 14.0. The molecule has 1 aromatic carbocycles. The summed E-state index contributed by atoms with van der Waals surface area (Å²) in [5.41, 5.74) is 0.599. The van der Waals surface area contributed by atoms with Crippen LogP contribution in [0.5, 0.6) is 5.75 Å². The molecule has 0 aliphatic carbocycles. The molecule has 1 aromatic rings. The number of hydrogen-bond acceptors (Lipinski definition) is 4. The molecular formula is C13H17NO4. The average Bonchev–Trinajstić information content (AvgIpc) is 2.19. The summed E-state index contributed by atoms with van der Waals surface area (Å²) in [6, 6.07) is 2.82. The van der Waals surface area contributed by atoms with E-state index in [2.05, 4.69) is 5.32 Å². The fourth-order valence-electron chi connectivity index (χ4n) is 1.35. The van der Waals surface area contributed by atoms with Crippen molar-refractivity contribution in [2.75, 3.05) is 5.32 Å². The number of aromatic hydroxyl groups is 1. The Balaban J connectivity index is 2.91. The van der Waals surface area contributed by atoms with E-state index in [0.29, 0.717) is 17.5 Å². The Morgan fingerprint density at radius 3 is 2.50 bits per heavy atom. The van der Waals surface area contributed by atoms with Crippen LogP contribution in [0.1, 0.15) is 36.7 Å². The van der Waals surface area contributed by atoms with Gasteiger partial charge in [0.2, 0.25) is 0 Å². The van der Waals surface area contributed by atoms with E-state index >= 15 is 0 Å². The zero-order valence-electron chi connectivity index (χ0n) is 10.9. The Bertz CT molecular complexity index is 475. The number of amides is 1. The lowest BCUT2D eigenvalue weighted by molar-refractivity contribution is 0.0635. The van der Waals surface area contributed by atoms with E-state index in [0.717, 1.165) is 0 Å². The fraction of sp³-hybridized carbons (Fsp3) is 0.385. The second-order valence-corrected chi connectivity index (χ2v) is 4.97. The minimum absolute atomic E-state index is 0.114. The third kappa shape index (κ3) is 3.76. The molecule has 0 aromatic heterocycles. The molecular weight excluding hydrogens is 234 g/mol. The van der Waals surface area contributed by atoms with Gasteiger partial charge in [-0.15, -0.1) is 0 Å². The van der Waals surface area contributed by atoms with Crippen LogP contribution in [0.25, 0.3) is 0 Å². The van der Waals surface area contributed by atoms with E-state index < -0.39 is 11.7 Å². The van der Waals surface area contributed by atoms with Gasteiger partial charge in [0.05, 0.1) is 5.56 Å². The van der Waals surface area contributed by atoms with Crippen molar-refractivity contribution in [3.05, 3.63) is 23.3 Å². The summed E-state index contributed by atoms with van der Waals surface area (Å²) < 4.78 is 5.10. The molecule has 0 bridgehead atoms. The summed E-state index contributed by atoms with van der Waals surface area (Å²) in [4.78, 5) is 22.3. The Hall–Kier alpha value is -2.04. The van der Waals surface area contributed by atoms with Gasteiger partial charge >= 0.3 is 6.09 Å². The molecule has 0 aliphatic heterocycles. The van der Waals surface area contributed by atoms with Gasteiger partial charge in [-0.2, -0.15) is 0 Å². The first-order valence-corrected chi connectivity index (χ1v) is 5.52. The van der Waals surface area contributed by atoms with E-state index in [-0.39, 0.29) is 11.3 Å². The van der Waals surface area contributed by atoms with Crippen LogP contribution in [0.3, 0.4) is 0 Å². The van der Waals surface area contributed by atoms with Gasteiger partial charge in [0, 0.05) is 5.69 Å². The molecule has 5 heteroatoms. The number of aldehydes is 1. The van der Waals surface area contributed by atoms with Crippen molar-refractivity contribution in [3.63, 3.8) is 0 Å². The molecule has 0 spiro atoms. The monoisotopic (exact) mass is 251 g/mol. The van der Waals surface area contributed by atoms with Gasteiger partial charge in [-0.25, -0.2) is 4.79 Å². The van der Waals surface area contributed by atoms with Crippen LogP contribution in [-0.4, -0.2) is 23.1 Å². The Labute approximate surface area is 106 Å². The Morgan fingerprint density at radius 2 is 2.00 bits per heavy atom. The van der Waals surface area contributed by atoms with Crippen molar-refractivity contribution in [2.24, 2.45) is 0 Å². The molecule has 2 N–H and O–H groups in total. The van der Waals surface area contributed by atoms with Gasteiger partial charge in [0.25, 0.3) is 0 Å². The van der Waals surface area contributed by atoms with Crippen molar-refractivity contribution in [1.82, 2.24) is 0 Å². The molecule has 0 radical (unpaired) electrons. The van der Waals surface area contributed by atoms with Crippen LogP contribution >= 0.6 is 0 Å². The van der Waals surface area contributed by atoms with Crippen LogP contribution in [0.15, 0.2) is 12.1 Å². The highest BCUT2D eigenvalue weighted by molar-refractivity contribution is 5.89. The highest BCUT2D eigenvalue weighted by Gasteiger charge is 2.17. The van der Waals surface area contributed by atoms with Gasteiger partial charge in [-0.1, -0.05) is 0 Å². The van der Waals surface area contributed by atoms with E-state index in [1.54, 1.807) is 27.7 Å². The van der Waals surface area contributed by atoms with Crippen LogP contribution < -0.4 is 5.32 Å². The highest BCUT2D eigenvalue weighted by Crippen LogP contribution is 2.25. The molecule has 18 heavy (non-hydrogen) atoms. The lowest BCUT2D eigenvalue weighted by Gasteiger charge is -2.20. The lowest BCUT2D eigenvalue weighted by Crippen LogP contribution is -2.27. The SMILES string of the molecule is Cc1cc(O)c(C=O)cc1NC(=O)OC(C)(C)C. The van der Waals surface area contributed by atoms with Gasteiger partial charge in [0.1, 0.15) is 11.4 Å². The molecule has 0 saturated heterocycles. The zero-order chi connectivity index (χ0) is 13.9. The van der Waals surface area contributed by atoms with E-state index in [1.165, 1.54) is 12.1 Å². The zero-order valence-corrected chi connectivity index (χ0v) is 10.9. The molecule has 0 saturated carbocycles. The van der Waals surface area contributed by atoms with Gasteiger partial charge in [0.15, 0.2) is 6.29 Å². The van der Waals surface area contributed by atoms with Gasteiger partial charge in [-0.3, -0.25) is 10.1 Å². The van der Waals surface area contributed by atoms with Crippen LogP contribution in [0.2, 0.25) is 0 Å². The second kappa shape index (κ2) is 5.08. The molecule has 0 heterocycles. The standard InChI is InChI=1S/C13H17NO4/c1-8-5-11(16)9(7-15)6-10(8)14-12(17)18-13(2,3)4/h5-7,16H,1-4H3,(H,14,17). The number of rotatable bonds is 2. The fourth-order valence-corrected chi connectivity index (χ4v) is 1.35. The number of nitrogens with one attached hydrogen (secondary N) is 1. The third-order valence-corrected chi connectivity index (χ3v) is 2.14. The molecule has 98 valence electrons. The molecule has 5 nitrogen and oxygen atoms in total. The van der Waals surface area contributed by atoms with Gasteiger partial charge < -0.3 is 9.84 Å². The van der Waals surface area contributed by atoms with E-state index in [9.17, 15) is 14.7 Å². The highest BCUT2D eigenvalue weighted by atomic mass is 16.6. The van der Waals surface area contributed by atoms with Crippen molar-refractivity contribution in [3.8, 4) is 5.75 Å². The molecule has 1 amide bonds. The van der Waals surface area contributed by atoms with Gasteiger partial charge in [-0.05, 0) is 45.4 Å². The molecule has 0 unspecified atom stereocenters. The van der Waals surface area contributed by atoms with Crippen molar-refractivity contribution >= 4 is 18.1 Å². The lowest BCUT2D eigenvalue weighted by atomic mass is 10.1. The number of phenols is 1. The molecule has 1 rings (SSSR count). The number of anilines is 1. The van der Waals surface area contributed by atoms with Crippen LogP contribution in [0.4, 0.5) is 10.5 Å². The van der Waals surface area contributed by atoms with E-state index in [4.69, 9.17) is 4.74 Å². The maximum Gasteiger partial charge on any atom is 0.412 e. The second-order valence-electron chi connectivity index (χ2n) is 4.97.